The highest BCUT2D eigenvalue weighted by atomic mass is 16.1. The summed E-state index contributed by atoms with van der Waals surface area (Å²) < 4.78 is 1.84. The van der Waals surface area contributed by atoms with Gasteiger partial charge in [0.1, 0.15) is 5.69 Å². The molecule has 1 aromatic carbocycles. The minimum Gasteiger partial charge on any atom is -0.364 e. The Morgan fingerprint density at radius 1 is 1.25 bits per heavy atom. The Balaban J connectivity index is 2.50. The van der Waals surface area contributed by atoms with Crippen molar-refractivity contribution in [1.29, 1.82) is 0 Å². The molecule has 16 heavy (non-hydrogen) atoms. The number of hydrogen-bond donors (Lipinski definition) is 1. The van der Waals surface area contributed by atoms with Crippen molar-refractivity contribution >= 4 is 29.1 Å². The van der Waals surface area contributed by atoms with Crippen LogP contribution in [-0.4, -0.2) is 10.5 Å². The van der Waals surface area contributed by atoms with Crippen molar-refractivity contribution in [3.63, 3.8) is 0 Å². The number of amides is 1. The van der Waals surface area contributed by atoms with E-state index in [4.69, 9.17) is 5.73 Å². The van der Waals surface area contributed by atoms with Crippen molar-refractivity contribution in [3.05, 3.63) is 47.7 Å². The number of primary amides is 1. The molecule has 0 radical (unpaired) electrons. The Bertz CT molecular complexity index is 647. The van der Waals surface area contributed by atoms with Gasteiger partial charge in [0, 0.05) is 11.6 Å². The molecule has 1 aliphatic rings. The van der Waals surface area contributed by atoms with Crippen LogP contribution in [0.4, 0.5) is 0 Å². The van der Waals surface area contributed by atoms with E-state index < -0.39 is 5.91 Å². The number of nitrogens with two attached hydrogens (primary N) is 1. The number of benzene rings is 1. The van der Waals surface area contributed by atoms with Crippen molar-refractivity contribution in [2.24, 2.45) is 5.73 Å². The fourth-order valence-corrected chi connectivity index (χ4v) is 2.09. The summed E-state index contributed by atoms with van der Waals surface area (Å²) in [4.78, 5) is 11.3. The van der Waals surface area contributed by atoms with Gasteiger partial charge in [-0.1, -0.05) is 30.4 Å². The van der Waals surface area contributed by atoms with Crippen LogP contribution >= 0.6 is 0 Å². The molecule has 1 aromatic heterocycles. The molecule has 0 fully saturated rings. The Morgan fingerprint density at radius 2 is 2.12 bits per heavy atom. The molecule has 2 N–H and O–H groups in total. The molecule has 0 atom stereocenters. The first-order chi connectivity index (χ1) is 7.77. The maximum Gasteiger partial charge on any atom is 0.265 e. The standard InChI is InChI=1S/C13H10N2O/c14-13(16)11-8-10-6-3-5-9-4-1-2-7-15(11)12(9)10/h1-8H,(H2,14,16). The van der Waals surface area contributed by atoms with Crippen LogP contribution in [0.5, 0.6) is 0 Å². The van der Waals surface area contributed by atoms with E-state index >= 15 is 0 Å². The highest BCUT2D eigenvalue weighted by Gasteiger charge is 2.13. The topological polar surface area (TPSA) is 48.0 Å². The summed E-state index contributed by atoms with van der Waals surface area (Å²) in [6, 6.07) is 7.80. The number of hydrogen-bond acceptors (Lipinski definition) is 1. The Labute approximate surface area is 92.5 Å². The van der Waals surface area contributed by atoms with Gasteiger partial charge >= 0.3 is 0 Å². The zero-order chi connectivity index (χ0) is 11.1. The number of carbonyl (C=O) groups excluding carboxylic acids is 1. The van der Waals surface area contributed by atoms with Gasteiger partial charge in [0.05, 0.1) is 5.52 Å². The number of nitrogens with zero attached hydrogens (tertiary/aromatic N) is 1. The van der Waals surface area contributed by atoms with Crippen molar-refractivity contribution < 1.29 is 4.79 Å². The van der Waals surface area contributed by atoms with Gasteiger partial charge in [-0.25, -0.2) is 0 Å². The number of rotatable bonds is 1. The van der Waals surface area contributed by atoms with Crippen LogP contribution in [0.15, 0.2) is 36.4 Å². The van der Waals surface area contributed by atoms with Crippen molar-refractivity contribution in [2.75, 3.05) is 0 Å². The van der Waals surface area contributed by atoms with Crippen molar-refractivity contribution in [2.45, 2.75) is 0 Å². The molecule has 3 rings (SSSR count). The van der Waals surface area contributed by atoms with Gasteiger partial charge < -0.3 is 10.3 Å². The van der Waals surface area contributed by atoms with Gasteiger partial charge in [0.15, 0.2) is 0 Å². The van der Waals surface area contributed by atoms with Crippen LogP contribution in [0.25, 0.3) is 23.2 Å². The molecule has 0 spiro atoms. The summed E-state index contributed by atoms with van der Waals surface area (Å²) in [5.41, 5.74) is 8.00. The monoisotopic (exact) mass is 210 g/mol. The molecule has 3 heteroatoms. The summed E-state index contributed by atoms with van der Waals surface area (Å²) in [7, 11) is 0. The molecular weight excluding hydrogens is 200 g/mol. The molecule has 2 aromatic rings. The van der Waals surface area contributed by atoms with E-state index in [2.05, 4.69) is 0 Å². The maximum absolute atomic E-state index is 11.3. The van der Waals surface area contributed by atoms with Crippen molar-refractivity contribution in [1.82, 2.24) is 4.57 Å². The molecule has 0 saturated heterocycles. The predicted octanol–water partition coefficient (Wildman–Crippen LogP) is 2.24. The molecule has 3 nitrogen and oxygen atoms in total. The largest absolute Gasteiger partial charge is 0.364 e. The lowest BCUT2D eigenvalue weighted by molar-refractivity contribution is 0.0994. The first-order valence-electron chi connectivity index (χ1n) is 5.06. The van der Waals surface area contributed by atoms with Gasteiger partial charge in [-0.15, -0.1) is 0 Å². The van der Waals surface area contributed by atoms with E-state index in [1.54, 1.807) is 0 Å². The van der Waals surface area contributed by atoms with E-state index in [9.17, 15) is 4.79 Å². The molecular formula is C13H10N2O. The van der Waals surface area contributed by atoms with Crippen LogP contribution in [0.3, 0.4) is 0 Å². The van der Waals surface area contributed by atoms with E-state index in [0.717, 1.165) is 16.5 Å². The lowest BCUT2D eigenvalue weighted by Crippen LogP contribution is -2.14. The number of allylic oxidation sites excluding steroid dienone is 2. The van der Waals surface area contributed by atoms with Crippen LogP contribution in [-0.2, 0) is 0 Å². The summed E-state index contributed by atoms with van der Waals surface area (Å²) >= 11 is 0. The van der Waals surface area contributed by atoms with E-state index in [0.29, 0.717) is 5.69 Å². The van der Waals surface area contributed by atoms with Crippen LogP contribution in [0.1, 0.15) is 16.1 Å². The quantitative estimate of drug-likeness (QED) is 0.770. The SMILES string of the molecule is NC(=O)c1cc2cccc3c2n1C=CC=C3. The minimum absolute atomic E-state index is 0.409. The van der Waals surface area contributed by atoms with Crippen LogP contribution in [0, 0.1) is 0 Å². The third-order valence-corrected chi connectivity index (χ3v) is 2.77. The van der Waals surface area contributed by atoms with Gasteiger partial charge in [0.2, 0.25) is 0 Å². The second-order valence-corrected chi connectivity index (χ2v) is 3.75. The van der Waals surface area contributed by atoms with Gasteiger partial charge in [0.25, 0.3) is 5.91 Å². The summed E-state index contributed by atoms with van der Waals surface area (Å²) in [5, 5.41) is 1.03. The Hall–Kier alpha value is -2.29. The fraction of sp³-hybridized carbons (Fsp3) is 0. The van der Waals surface area contributed by atoms with Crippen molar-refractivity contribution in [3.8, 4) is 0 Å². The summed E-state index contributed by atoms with van der Waals surface area (Å²) in [5.74, 6) is -0.409. The molecule has 2 heterocycles. The molecule has 0 bridgehead atoms. The van der Waals surface area contributed by atoms with Gasteiger partial charge in [-0.05, 0) is 17.7 Å². The van der Waals surface area contributed by atoms with E-state index in [-0.39, 0.29) is 0 Å². The number of para-hydroxylation sites is 1. The second kappa shape index (κ2) is 3.10. The lowest BCUT2D eigenvalue weighted by Gasteiger charge is -2.02. The average molecular weight is 210 g/mol. The molecule has 1 aliphatic heterocycles. The number of carbonyl (C=O) groups is 1. The zero-order valence-electron chi connectivity index (χ0n) is 8.55. The highest BCUT2D eigenvalue weighted by molar-refractivity contribution is 6.01. The Kier molecular flexibility index (Phi) is 1.74. The predicted molar refractivity (Wildman–Crippen MR) is 64.8 cm³/mol. The molecule has 0 saturated carbocycles. The third kappa shape index (κ3) is 1.11. The van der Waals surface area contributed by atoms with Gasteiger partial charge in [-0.2, -0.15) is 0 Å². The highest BCUT2D eigenvalue weighted by Crippen LogP contribution is 2.26. The first-order valence-corrected chi connectivity index (χ1v) is 5.06. The third-order valence-electron chi connectivity index (χ3n) is 2.77. The second-order valence-electron chi connectivity index (χ2n) is 3.75. The smallest absolute Gasteiger partial charge is 0.265 e. The minimum atomic E-state index is -0.409. The van der Waals surface area contributed by atoms with E-state index in [1.807, 2.05) is 53.3 Å². The normalized spacial score (nSPS) is 13.0. The molecule has 1 amide bonds. The summed E-state index contributed by atoms with van der Waals surface area (Å²) in [6.07, 6.45) is 7.72. The lowest BCUT2D eigenvalue weighted by atomic mass is 10.1. The average Bonchev–Trinajstić information content (AvgIpc) is 2.50. The number of aromatic nitrogens is 1. The van der Waals surface area contributed by atoms with E-state index in [1.165, 1.54) is 0 Å². The molecule has 78 valence electrons. The van der Waals surface area contributed by atoms with Crippen LogP contribution < -0.4 is 5.73 Å². The molecule has 0 unspecified atom stereocenters. The Morgan fingerprint density at radius 3 is 2.94 bits per heavy atom. The summed E-state index contributed by atoms with van der Waals surface area (Å²) in [6.45, 7) is 0. The maximum atomic E-state index is 11.3. The fourth-order valence-electron chi connectivity index (χ4n) is 2.09. The first kappa shape index (κ1) is 8.97. The van der Waals surface area contributed by atoms with Crippen LogP contribution in [0.2, 0.25) is 0 Å². The zero-order valence-corrected chi connectivity index (χ0v) is 8.55. The molecule has 0 aliphatic carbocycles. The van der Waals surface area contributed by atoms with Gasteiger partial charge in [-0.3, -0.25) is 4.79 Å².